The van der Waals surface area contributed by atoms with E-state index in [0.29, 0.717) is 0 Å². The topological polar surface area (TPSA) is 90.0 Å². The molecule has 0 atom stereocenters. The van der Waals surface area contributed by atoms with Gasteiger partial charge in [-0.3, -0.25) is 0 Å². The van der Waals surface area contributed by atoms with Crippen LogP contribution in [0.2, 0.25) is 0 Å². The lowest BCUT2D eigenvalue weighted by atomic mass is 10.4. The summed E-state index contributed by atoms with van der Waals surface area (Å²) in [6.45, 7) is -0.178. The van der Waals surface area contributed by atoms with Gasteiger partial charge in [0, 0.05) is 14.1 Å². The Hall–Kier alpha value is -2.06. The molecule has 108 valence electrons. The van der Waals surface area contributed by atoms with Gasteiger partial charge in [-0.2, -0.15) is 0 Å². The maximum atomic E-state index is 11.8. The van der Waals surface area contributed by atoms with E-state index in [4.69, 9.17) is 13.6 Å². The lowest BCUT2D eigenvalue weighted by Gasteiger charge is -2.07. The van der Waals surface area contributed by atoms with Crippen molar-refractivity contribution in [1.29, 1.82) is 0 Å². The van der Waals surface area contributed by atoms with Crippen molar-refractivity contribution in [2.45, 2.75) is 11.7 Å². The van der Waals surface area contributed by atoms with E-state index >= 15 is 0 Å². The summed E-state index contributed by atoms with van der Waals surface area (Å²) < 4.78 is 39.5. The number of sulfonamides is 1. The van der Waals surface area contributed by atoms with Gasteiger partial charge in [-0.15, -0.1) is 0 Å². The SMILES string of the molecule is CN(C)S(=O)(=O)c1ccc(COC(=O)c2ccco2)o1. The average Bonchev–Trinajstić information content (AvgIpc) is 3.07. The predicted octanol–water partition coefficient (Wildman–Crippen LogP) is 1.48. The quantitative estimate of drug-likeness (QED) is 0.777. The number of hydrogen-bond donors (Lipinski definition) is 0. The molecule has 7 nitrogen and oxygen atoms in total. The van der Waals surface area contributed by atoms with Crippen LogP contribution in [-0.4, -0.2) is 32.8 Å². The Balaban J connectivity index is 2.02. The molecule has 0 aliphatic carbocycles. The molecule has 0 fully saturated rings. The second-order valence-electron chi connectivity index (χ2n) is 4.06. The lowest BCUT2D eigenvalue weighted by molar-refractivity contribution is 0.0404. The van der Waals surface area contributed by atoms with Gasteiger partial charge < -0.3 is 13.6 Å². The molecule has 2 heterocycles. The Kier molecular flexibility index (Phi) is 3.96. The first-order chi connectivity index (χ1) is 9.41. The predicted molar refractivity (Wildman–Crippen MR) is 67.4 cm³/mol. The van der Waals surface area contributed by atoms with Crippen LogP contribution >= 0.6 is 0 Å². The van der Waals surface area contributed by atoms with Gasteiger partial charge in [-0.1, -0.05) is 0 Å². The van der Waals surface area contributed by atoms with Gasteiger partial charge in [0.05, 0.1) is 6.26 Å². The van der Waals surface area contributed by atoms with Gasteiger partial charge in [0.1, 0.15) is 12.4 Å². The van der Waals surface area contributed by atoms with Crippen molar-refractivity contribution >= 4 is 16.0 Å². The molecule has 0 N–H and O–H groups in total. The Morgan fingerprint density at radius 2 is 2.05 bits per heavy atom. The number of nitrogens with zero attached hydrogens (tertiary/aromatic N) is 1. The van der Waals surface area contributed by atoms with E-state index in [-0.39, 0.29) is 23.2 Å². The van der Waals surface area contributed by atoms with E-state index in [1.54, 1.807) is 6.07 Å². The van der Waals surface area contributed by atoms with Gasteiger partial charge in [-0.05, 0) is 24.3 Å². The summed E-state index contributed by atoms with van der Waals surface area (Å²) in [7, 11) is -0.836. The molecule has 20 heavy (non-hydrogen) atoms. The number of carbonyl (C=O) groups excluding carboxylic acids is 1. The maximum absolute atomic E-state index is 11.8. The zero-order valence-corrected chi connectivity index (χ0v) is 11.7. The van der Waals surface area contributed by atoms with Gasteiger partial charge >= 0.3 is 5.97 Å². The van der Waals surface area contributed by atoms with Crippen LogP contribution in [0, 0.1) is 0 Å². The Morgan fingerprint density at radius 1 is 1.30 bits per heavy atom. The first-order valence-corrected chi connectivity index (χ1v) is 7.07. The second kappa shape index (κ2) is 5.51. The monoisotopic (exact) mass is 299 g/mol. The van der Waals surface area contributed by atoms with E-state index in [1.807, 2.05) is 0 Å². The van der Waals surface area contributed by atoms with Crippen LogP contribution in [0.1, 0.15) is 16.3 Å². The number of rotatable bonds is 5. The number of ether oxygens (including phenoxy) is 1. The van der Waals surface area contributed by atoms with Crippen molar-refractivity contribution in [2.24, 2.45) is 0 Å². The standard InChI is InChI=1S/C12H13NO6S/c1-13(2)20(15,16)11-6-5-9(19-11)8-18-12(14)10-4-3-7-17-10/h3-7H,8H2,1-2H3. The number of furan rings is 2. The molecule has 2 rings (SSSR count). The molecule has 0 spiro atoms. The third kappa shape index (κ3) is 2.91. The Bertz CT molecular complexity index is 683. The first kappa shape index (κ1) is 14.4. The summed E-state index contributed by atoms with van der Waals surface area (Å²) in [5, 5.41) is -0.202. The molecular weight excluding hydrogens is 286 g/mol. The first-order valence-electron chi connectivity index (χ1n) is 5.63. The van der Waals surface area contributed by atoms with Crippen LogP contribution in [0.4, 0.5) is 0 Å². The molecule has 2 aromatic rings. The minimum atomic E-state index is -3.63. The fraction of sp³-hybridized carbons (Fsp3) is 0.250. The molecule has 8 heteroatoms. The van der Waals surface area contributed by atoms with Crippen LogP contribution < -0.4 is 0 Å². The summed E-state index contributed by atoms with van der Waals surface area (Å²) in [4.78, 5) is 11.5. The summed E-state index contributed by atoms with van der Waals surface area (Å²) in [5.74, 6) is -0.355. The van der Waals surface area contributed by atoms with Crippen LogP contribution in [0.3, 0.4) is 0 Å². The zero-order chi connectivity index (χ0) is 14.8. The minimum absolute atomic E-state index is 0.0673. The maximum Gasteiger partial charge on any atom is 0.374 e. The van der Waals surface area contributed by atoms with E-state index in [9.17, 15) is 13.2 Å². The molecule has 0 saturated heterocycles. The van der Waals surface area contributed by atoms with E-state index in [1.165, 1.54) is 38.6 Å². The molecule has 0 aliphatic rings. The molecule has 0 amide bonds. The normalized spacial score (nSPS) is 11.8. The van der Waals surface area contributed by atoms with E-state index in [0.717, 1.165) is 4.31 Å². The van der Waals surface area contributed by atoms with Crippen LogP contribution in [0.15, 0.2) is 44.5 Å². The highest BCUT2D eigenvalue weighted by atomic mass is 32.2. The van der Waals surface area contributed by atoms with Crippen LogP contribution in [0.5, 0.6) is 0 Å². The number of esters is 1. The smallest absolute Gasteiger partial charge is 0.374 e. The molecular formula is C12H13NO6S. The molecule has 0 radical (unpaired) electrons. The van der Waals surface area contributed by atoms with Crippen molar-refractivity contribution < 1.29 is 26.8 Å². The minimum Gasteiger partial charge on any atom is -0.457 e. The largest absolute Gasteiger partial charge is 0.457 e. The van der Waals surface area contributed by atoms with E-state index in [2.05, 4.69) is 0 Å². The Morgan fingerprint density at radius 3 is 2.65 bits per heavy atom. The fourth-order valence-electron chi connectivity index (χ4n) is 1.36. The highest BCUT2D eigenvalue weighted by Gasteiger charge is 2.22. The highest BCUT2D eigenvalue weighted by Crippen LogP contribution is 2.17. The van der Waals surface area contributed by atoms with Gasteiger partial charge in [-0.25, -0.2) is 17.5 Å². The summed E-state index contributed by atoms with van der Waals surface area (Å²) >= 11 is 0. The van der Waals surface area contributed by atoms with Crippen LogP contribution in [-0.2, 0) is 21.4 Å². The van der Waals surface area contributed by atoms with Gasteiger partial charge in [0.2, 0.25) is 10.9 Å². The molecule has 0 saturated carbocycles. The summed E-state index contributed by atoms with van der Waals surface area (Å²) in [6.07, 6.45) is 1.35. The number of carbonyl (C=O) groups is 1. The average molecular weight is 299 g/mol. The van der Waals surface area contributed by atoms with Crippen molar-refractivity contribution in [1.82, 2.24) is 4.31 Å². The summed E-state index contributed by atoms with van der Waals surface area (Å²) in [6, 6.07) is 5.77. The molecule has 0 unspecified atom stereocenters. The van der Waals surface area contributed by atoms with Crippen molar-refractivity contribution in [2.75, 3.05) is 14.1 Å². The third-order valence-electron chi connectivity index (χ3n) is 2.44. The fourth-order valence-corrected chi connectivity index (χ4v) is 2.17. The molecule has 2 aromatic heterocycles. The van der Waals surface area contributed by atoms with Crippen molar-refractivity contribution in [3.8, 4) is 0 Å². The van der Waals surface area contributed by atoms with E-state index < -0.39 is 16.0 Å². The Labute approximate surface area is 115 Å². The zero-order valence-electron chi connectivity index (χ0n) is 10.9. The van der Waals surface area contributed by atoms with Crippen molar-refractivity contribution in [3.05, 3.63) is 42.0 Å². The van der Waals surface area contributed by atoms with Crippen LogP contribution in [0.25, 0.3) is 0 Å². The molecule has 0 bridgehead atoms. The molecule has 0 aliphatic heterocycles. The van der Waals surface area contributed by atoms with Gasteiger partial charge in [0.15, 0.2) is 0 Å². The second-order valence-corrected chi connectivity index (χ2v) is 6.14. The summed E-state index contributed by atoms with van der Waals surface area (Å²) in [5.41, 5.74) is 0. The highest BCUT2D eigenvalue weighted by molar-refractivity contribution is 7.88. The van der Waals surface area contributed by atoms with Crippen molar-refractivity contribution in [3.63, 3.8) is 0 Å². The molecule has 0 aromatic carbocycles. The lowest BCUT2D eigenvalue weighted by Crippen LogP contribution is -2.21. The van der Waals surface area contributed by atoms with Gasteiger partial charge in [0.25, 0.3) is 10.0 Å². The third-order valence-corrected chi connectivity index (χ3v) is 4.13. The number of hydrogen-bond acceptors (Lipinski definition) is 6.